The maximum Gasteiger partial charge on any atom is 0.306 e. The molecule has 0 saturated carbocycles. The number of esters is 1. The molecule has 1 fully saturated rings. The lowest BCUT2D eigenvalue weighted by Crippen LogP contribution is -2.41. The van der Waals surface area contributed by atoms with Crippen molar-refractivity contribution in [1.29, 1.82) is 0 Å². The van der Waals surface area contributed by atoms with E-state index in [2.05, 4.69) is 6.92 Å². The average Bonchev–Trinajstić information content (AvgIpc) is 2.34. The average molecular weight is 287 g/mol. The summed E-state index contributed by atoms with van der Waals surface area (Å²) in [5.74, 6) is 0.778. The minimum absolute atomic E-state index is 0.0737. The first-order chi connectivity index (χ1) is 8.81. The second kappa shape index (κ2) is 7.17. The lowest BCUT2D eigenvalue weighted by Gasteiger charge is -2.32. The van der Waals surface area contributed by atoms with E-state index in [0.717, 1.165) is 25.3 Å². The van der Waals surface area contributed by atoms with Gasteiger partial charge in [-0.3, -0.25) is 9.59 Å². The van der Waals surface area contributed by atoms with Gasteiger partial charge in [-0.05, 0) is 27.2 Å². The lowest BCUT2D eigenvalue weighted by molar-refractivity contribution is -0.156. The third-order valence-corrected chi connectivity index (χ3v) is 4.28. The molecule has 0 bridgehead atoms. The smallest absolute Gasteiger partial charge is 0.306 e. The standard InChI is InChI=1S/C14H25NO3S/c1-5-11-10-15(8-9-19-11)12(16)6-7-13(17)18-14(2,3)4/h11H,5-10H2,1-4H3. The number of carbonyl (C=O) groups excluding carboxylic acids is 2. The first-order valence-corrected chi connectivity index (χ1v) is 7.98. The fourth-order valence-corrected chi connectivity index (χ4v) is 3.13. The number of ether oxygens (including phenoxy) is 1. The maximum absolute atomic E-state index is 12.0. The van der Waals surface area contributed by atoms with E-state index < -0.39 is 5.60 Å². The van der Waals surface area contributed by atoms with Gasteiger partial charge in [-0.15, -0.1) is 0 Å². The van der Waals surface area contributed by atoms with Crippen molar-refractivity contribution in [2.24, 2.45) is 0 Å². The fourth-order valence-electron chi connectivity index (χ4n) is 1.95. The second-order valence-corrected chi connectivity index (χ2v) is 7.24. The third kappa shape index (κ3) is 6.32. The molecule has 1 rings (SSSR count). The molecule has 1 heterocycles. The third-order valence-electron chi connectivity index (χ3n) is 2.91. The van der Waals surface area contributed by atoms with Crippen LogP contribution in [0.3, 0.4) is 0 Å². The van der Waals surface area contributed by atoms with Gasteiger partial charge in [0.1, 0.15) is 5.60 Å². The quantitative estimate of drug-likeness (QED) is 0.745. The molecule has 0 N–H and O–H groups in total. The molecule has 0 aliphatic carbocycles. The Morgan fingerprint density at radius 2 is 2.00 bits per heavy atom. The molecule has 110 valence electrons. The maximum atomic E-state index is 12.0. The molecule has 19 heavy (non-hydrogen) atoms. The predicted molar refractivity (Wildman–Crippen MR) is 78.2 cm³/mol. The summed E-state index contributed by atoms with van der Waals surface area (Å²) in [7, 11) is 0. The first kappa shape index (κ1) is 16.3. The molecule has 4 nitrogen and oxygen atoms in total. The Morgan fingerprint density at radius 3 is 2.58 bits per heavy atom. The van der Waals surface area contributed by atoms with Crippen LogP contribution in [0, 0.1) is 0 Å². The van der Waals surface area contributed by atoms with Crippen LogP contribution in [0.15, 0.2) is 0 Å². The first-order valence-electron chi connectivity index (χ1n) is 6.93. The summed E-state index contributed by atoms with van der Waals surface area (Å²) in [6.07, 6.45) is 1.52. The molecule has 1 amide bonds. The van der Waals surface area contributed by atoms with Gasteiger partial charge in [0.25, 0.3) is 0 Å². The van der Waals surface area contributed by atoms with Crippen molar-refractivity contribution in [3.63, 3.8) is 0 Å². The van der Waals surface area contributed by atoms with Crippen molar-refractivity contribution in [3.05, 3.63) is 0 Å². The van der Waals surface area contributed by atoms with Crippen molar-refractivity contribution in [1.82, 2.24) is 4.90 Å². The summed E-state index contributed by atoms with van der Waals surface area (Å²) < 4.78 is 5.20. The van der Waals surface area contributed by atoms with Gasteiger partial charge in [0.15, 0.2) is 0 Å². The van der Waals surface area contributed by atoms with E-state index in [1.165, 1.54) is 0 Å². The normalized spacial score (nSPS) is 20.2. The zero-order chi connectivity index (χ0) is 14.5. The van der Waals surface area contributed by atoms with Crippen LogP contribution in [-0.4, -0.2) is 46.5 Å². The van der Waals surface area contributed by atoms with Gasteiger partial charge >= 0.3 is 5.97 Å². The van der Waals surface area contributed by atoms with Crippen LogP contribution in [0.2, 0.25) is 0 Å². The Labute approximate surface area is 120 Å². The summed E-state index contributed by atoms with van der Waals surface area (Å²) in [5.41, 5.74) is -0.477. The number of rotatable bonds is 4. The number of carbonyl (C=O) groups is 2. The van der Waals surface area contributed by atoms with Gasteiger partial charge in [0.05, 0.1) is 6.42 Å². The molecule has 1 aliphatic heterocycles. The van der Waals surface area contributed by atoms with Crippen molar-refractivity contribution in [2.45, 2.75) is 57.8 Å². The van der Waals surface area contributed by atoms with Crippen molar-refractivity contribution in [2.75, 3.05) is 18.8 Å². The fraction of sp³-hybridized carbons (Fsp3) is 0.857. The largest absolute Gasteiger partial charge is 0.460 e. The van der Waals surface area contributed by atoms with Gasteiger partial charge in [-0.1, -0.05) is 6.92 Å². The predicted octanol–water partition coefficient (Wildman–Crippen LogP) is 2.46. The van der Waals surface area contributed by atoms with Crippen LogP contribution in [0.25, 0.3) is 0 Å². The SMILES string of the molecule is CCC1CN(C(=O)CCC(=O)OC(C)(C)C)CCS1. The molecule has 0 aromatic heterocycles. The summed E-state index contributed by atoms with van der Waals surface area (Å²) in [5, 5.41) is 0.541. The van der Waals surface area contributed by atoms with E-state index in [9.17, 15) is 9.59 Å². The van der Waals surface area contributed by atoms with E-state index in [-0.39, 0.29) is 24.7 Å². The van der Waals surface area contributed by atoms with E-state index in [4.69, 9.17) is 4.74 Å². The zero-order valence-electron chi connectivity index (χ0n) is 12.4. The molecule has 5 heteroatoms. The lowest BCUT2D eigenvalue weighted by atomic mass is 10.2. The summed E-state index contributed by atoms with van der Waals surface area (Å²) >= 11 is 1.93. The van der Waals surface area contributed by atoms with Gasteiger partial charge in [-0.2, -0.15) is 11.8 Å². The van der Waals surface area contributed by atoms with Crippen molar-refractivity contribution >= 4 is 23.6 Å². The number of hydrogen-bond acceptors (Lipinski definition) is 4. The number of hydrogen-bond donors (Lipinski definition) is 0. The van der Waals surface area contributed by atoms with Crippen LogP contribution >= 0.6 is 11.8 Å². The minimum atomic E-state index is -0.477. The molecular formula is C14H25NO3S. The minimum Gasteiger partial charge on any atom is -0.460 e. The molecule has 1 aliphatic rings. The van der Waals surface area contributed by atoms with Crippen LogP contribution in [0.5, 0.6) is 0 Å². The van der Waals surface area contributed by atoms with Gasteiger partial charge < -0.3 is 9.64 Å². The Morgan fingerprint density at radius 1 is 1.32 bits per heavy atom. The number of nitrogens with zero attached hydrogens (tertiary/aromatic N) is 1. The monoisotopic (exact) mass is 287 g/mol. The van der Waals surface area contributed by atoms with Crippen molar-refractivity contribution < 1.29 is 14.3 Å². The van der Waals surface area contributed by atoms with Gasteiger partial charge in [0, 0.05) is 30.5 Å². The summed E-state index contributed by atoms with van der Waals surface area (Å²) in [6.45, 7) is 9.26. The number of thioether (sulfide) groups is 1. The Hall–Kier alpha value is -0.710. The Kier molecular flexibility index (Phi) is 6.17. The van der Waals surface area contributed by atoms with E-state index >= 15 is 0 Å². The molecule has 1 saturated heterocycles. The molecule has 0 radical (unpaired) electrons. The highest BCUT2D eigenvalue weighted by Gasteiger charge is 2.24. The van der Waals surface area contributed by atoms with Gasteiger partial charge in [-0.25, -0.2) is 0 Å². The highest BCUT2D eigenvalue weighted by Crippen LogP contribution is 2.21. The highest BCUT2D eigenvalue weighted by molar-refractivity contribution is 8.00. The van der Waals surface area contributed by atoms with Crippen LogP contribution in [-0.2, 0) is 14.3 Å². The topological polar surface area (TPSA) is 46.6 Å². The number of amides is 1. The molecule has 0 aromatic carbocycles. The van der Waals surface area contributed by atoms with Crippen LogP contribution < -0.4 is 0 Å². The van der Waals surface area contributed by atoms with Crippen LogP contribution in [0.4, 0.5) is 0 Å². The van der Waals surface area contributed by atoms with E-state index in [0.29, 0.717) is 5.25 Å². The molecular weight excluding hydrogens is 262 g/mol. The molecule has 1 unspecified atom stereocenters. The van der Waals surface area contributed by atoms with Crippen molar-refractivity contribution in [3.8, 4) is 0 Å². The Bertz CT molecular complexity index is 325. The molecule has 0 spiro atoms. The zero-order valence-corrected chi connectivity index (χ0v) is 13.2. The molecule has 0 aromatic rings. The van der Waals surface area contributed by atoms with E-state index in [1.807, 2.05) is 37.4 Å². The van der Waals surface area contributed by atoms with Crippen LogP contribution in [0.1, 0.15) is 47.0 Å². The van der Waals surface area contributed by atoms with Gasteiger partial charge in [0.2, 0.25) is 5.91 Å². The summed E-state index contributed by atoms with van der Waals surface area (Å²) in [6, 6.07) is 0. The highest BCUT2D eigenvalue weighted by atomic mass is 32.2. The second-order valence-electron chi connectivity index (χ2n) is 5.83. The summed E-state index contributed by atoms with van der Waals surface area (Å²) in [4.78, 5) is 25.5. The molecule has 1 atom stereocenters. The van der Waals surface area contributed by atoms with E-state index in [1.54, 1.807) is 0 Å². The Balaban J connectivity index is 2.33.